The maximum atomic E-state index is 12.7. The Morgan fingerprint density at radius 1 is 1.23 bits per heavy atom. The Labute approximate surface area is 133 Å². The fourth-order valence-corrected chi connectivity index (χ4v) is 3.63. The molecule has 4 nitrogen and oxygen atoms in total. The molecule has 0 aromatic heterocycles. The Balaban J connectivity index is 1.58. The highest BCUT2D eigenvalue weighted by molar-refractivity contribution is 5.80. The molecule has 0 saturated carbocycles. The Morgan fingerprint density at radius 3 is 2.68 bits per heavy atom. The third-order valence-corrected chi connectivity index (χ3v) is 5.04. The second-order valence-corrected chi connectivity index (χ2v) is 6.64. The third-order valence-electron chi connectivity index (χ3n) is 5.04. The Kier molecular flexibility index (Phi) is 4.67. The number of hydrogen-bond acceptors (Lipinski definition) is 3. The molecule has 2 fully saturated rings. The molecule has 0 bridgehead atoms. The largest absolute Gasteiger partial charge is 0.368 e. The highest BCUT2D eigenvalue weighted by Gasteiger charge is 2.32. The minimum Gasteiger partial charge on any atom is -0.368 e. The number of piperazine rings is 1. The number of rotatable bonds is 2. The molecular formula is C18H27N3O. The summed E-state index contributed by atoms with van der Waals surface area (Å²) in [5, 5.41) is 3.43. The van der Waals surface area contributed by atoms with Crippen molar-refractivity contribution in [1.82, 2.24) is 10.2 Å². The summed E-state index contributed by atoms with van der Waals surface area (Å²) < 4.78 is 0. The van der Waals surface area contributed by atoms with Crippen LogP contribution in [-0.2, 0) is 4.79 Å². The molecule has 2 atom stereocenters. The van der Waals surface area contributed by atoms with Crippen LogP contribution in [-0.4, -0.2) is 49.6 Å². The van der Waals surface area contributed by atoms with Crippen molar-refractivity contribution in [2.24, 2.45) is 5.92 Å². The van der Waals surface area contributed by atoms with Gasteiger partial charge in [-0.2, -0.15) is 0 Å². The van der Waals surface area contributed by atoms with Gasteiger partial charge in [-0.3, -0.25) is 4.79 Å². The number of hydrogen-bond donors (Lipinski definition) is 1. The van der Waals surface area contributed by atoms with Gasteiger partial charge in [0.1, 0.15) is 0 Å². The normalized spacial score (nSPS) is 26.1. The van der Waals surface area contributed by atoms with Crippen molar-refractivity contribution in [1.29, 1.82) is 0 Å². The molecule has 3 rings (SSSR count). The lowest BCUT2D eigenvalue weighted by molar-refractivity contribution is -0.137. The van der Waals surface area contributed by atoms with Crippen molar-refractivity contribution in [3.8, 4) is 0 Å². The van der Waals surface area contributed by atoms with E-state index in [-0.39, 0.29) is 5.92 Å². The molecule has 22 heavy (non-hydrogen) atoms. The zero-order chi connectivity index (χ0) is 15.5. The van der Waals surface area contributed by atoms with Crippen molar-refractivity contribution in [2.75, 3.05) is 37.6 Å². The SMILES string of the molecule is Cc1cccc(N2CCN(C(=O)C3CCCNC3C)CC2)c1. The molecule has 2 saturated heterocycles. The monoisotopic (exact) mass is 301 g/mol. The standard InChI is InChI=1S/C18H27N3O/c1-14-5-3-6-16(13-14)20-9-11-21(12-10-20)18(22)17-7-4-8-19-15(17)2/h3,5-6,13,15,17,19H,4,7-12H2,1-2H3. The van der Waals surface area contributed by atoms with E-state index in [9.17, 15) is 4.79 Å². The maximum absolute atomic E-state index is 12.7. The lowest BCUT2D eigenvalue weighted by Crippen LogP contribution is -2.54. The molecule has 4 heteroatoms. The first kappa shape index (κ1) is 15.3. The van der Waals surface area contributed by atoms with Crippen LogP contribution in [0.3, 0.4) is 0 Å². The predicted octanol–water partition coefficient (Wildman–Crippen LogP) is 2.03. The molecule has 120 valence electrons. The molecule has 1 N–H and O–H groups in total. The minimum absolute atomic E-state index is 0.166. The summed E-state index contributed by atoms with van der Waals surface area (Å²) >= 11 is 0. The summed E-state index contributed by atoms with van der Waals surface area (Å²) in [5.41, 5.74) is 2.57. The van der Waals surface area contributed by atoms with Gasteiger partial charge in [0.05, 0.1) is 5.92 Å². The fourth-order valence-electron chi connectivity index (χ4n) is 3.63. The average molecular weight is 301 g/mol. The van der Waals surface area contributed by atoms with Crippen molar-refractivity contribution < 1.29 is 4.79 Å². The number of piperidine rings is 1. The molecule has 1 amide bonds. The van der Waals surface area contributed by atoms with Crippen LogP contribution in [0.1, 0.15) is 25.3 Å². The zero-order valence-electron chi connectivity index (χ0n) is 13.7. The van der Waals surface area contributed by atoms with E-state index in [1.165, 1.54) is 11.3 Å². The molecule has 2 heterocycles. The molecular weight excluding hydrogens is 274 g/mol. The van der Waals surface area contributed by atoms with Crippen molar-refractivity contribution in [3.63, 3.8) is 0 Å². The number of carbonyl (C=O) groups excluding carboxylic acids is 1. The van der Waals surface area contributed by atoms with Gasteiger partial charge in [-0.1, -0.05) is 12.1 Å². The van der Waals surface area contributed by atoms with Crippen LogP contribution in [0.2, 0.25) is 0 Å². The minimum atomic E-state index is 0.166. The van der Waals surface area contributed by atoms with Crippen LogP contribution in [0.5, 0.6) is 0 Å². The Morgan fingerprint density at radius 2 is 2.00 bits per heavy atom. The number of nitrogens with zero attached hydrogens (tertiary/aromatic N) is 2. The molecule has 1 aromatic rings. The first-order valence-electron chi connectivity index (χ1n) is 8.49. The highest BCUT2D eigenvalue weighted by Crippen LogP contribution is 2.22. The average Bonchev–Trinajstić information content (AvgIpc) is 2.55. The van der Waals surface area contributed by atoms with Gasteiger partial charge >= 0.3 is 0 Å². The van der Waals surface area contributed by atoms with Crippen LogP contribution in [0.25, 0.3) is 0 Å². The number of anilines is 1. The van der Waals surface area contributed by atoms with Crippen LogP contribution < -0.4 is 10.2 Å². The van der Waals surface area contributed by atoms with E-state index in [1.807, 2.05) is 0 Å². The summed E-state index contributed by atoms with van der Waals surface area (Å²) in [6, 6.07) is 8.94. The molecule has 0 spiro atoms. The van der Waals surface area contributed by atoms with E-state index >= 15 is 0 Å². The first-order chi connectivity index (χ1) is 10.6. The van der Waals surface area contributed by atoms with E-state index < -0.39 is 0 Å². The topological polar surface area (TPSA) is 35.6 Å². The third kappa shape index (κ3) is 3.27. The maximum Gasteiger partial charge on any atom is 0.227 e. The van der Waals surface area contributed by atoms with Crippen molar-refractivity contribution >= 4 is 11.6 Å². The van der Waals surface area contributed by atoms with Gasteiger partial charge in [0, 0.05) is 37.9 Å². The van der Waals surface area contributed by atoms with E-state index in [2.05, 4.69) is 53.2 Å². The van der Waals surface area contributed by atoms with Gasteiger partial charge in [0.2, 0.25) is 5.91 Å². The number of benzene rings is 1. The van der Waals surface area contributed by atoms with Gasteiger partial charge in [-0.25, -0.2) is 0 Å². The molecule has 2 unspecified atom stereocenters. The summed E-state index contributed by atoms with van der Waals surface area (Å²) in [6.07, 6.45) is 2.15. The summed E-state index contributed by atoms with van der Waals surface area (Å²) in [5.74, 6) is 0.517. The van der Waals surface area contributed by atoms with E-state index in [0.29, 0.717) is 11.9 Å². The van der Waals surface area contributed by atoms with Gasteiger partial charge in [-0.15, -0.1) is 0 Å². The van der Waals surface area contributed by atoms with E-state index in [4.69, 9.17) is 0 Å². The van der Waals surface area contributed by atoms with Crippen LogP contribution in [0.15, 0.2) is 24.3 Å². The predicted molar refractivity (Wildman–Crippen MR) is 90.2 cm³/mol. The summed E-state index contributed by atoms with van der Waals surface area (Å²) in [6.45, 7) is 8.87. The van der Waals surface area contributed by atoms with E-state index in [1.54, 1.807) is 0 Å². The molecule has 0 radical (unpaired) electrons. The van der Waals surface area contributed by atoms with Crippen LogP contribution >= 0.6 is 0 Å². The number of carbonyl (C=O) groups is 1. The smallest absolute Gasteiger partial charge is 0.227 e. The highest BCUT2D eigenvalue weighted by atomic mass is 16.2. The van der Waals surface area contributed by atoms with Gasteiger partial charge in [-0.05, 0) is 50.9 Å². The second kappa shape index (κ2) is 6.69. The lowest BCUT2D eigenvalue weighted by Gasteiger charge is -2.39. The fraction of sp³-hybridized carbons (Fsp3) is 0.611. The number of amides is 1. The summed E-state index contributed by atoms with van der Waals surface area (Å²) in [7, 11) is 0. The van der Waals surface area contributed by atoms with Crippen molar-refractivity contribution in [2.45, 2.75) is 32.7 Å². The van der Waals surface area contributed by atoms with Gasteiger partial charge < -0.3 is 15.1 Å². The van der Waals surface area contributed by atoms with Crippen molar-refractivity contribution in [3.05, 3.63) is 29.8 Å². The Hall–Kier alpha value is -1.55. The molecule has 2 aliphatic rings. The molecule has 2 aliphatic heterocycles. The quantitative estimate of drug-likeness (QED) is 0.908. The van der Waals surface area contributed by atoms with Gasteiger partial charge in [0.15, 0.2) is 0 Å². The van der Waals surface area contributed by atoms with E-state index in [0.717, 1.165) is 45.6 Å². The lowest BCUT2D eigenvalue weighted by atomic mass is 9.90. The Bertz CT molecular complexity index is 523. The summed E-state index contributed by atoms with van der Waals surface area (Å²) in [4.78, 5) is 17.2. The molecule has 0 aliphatic carbocycles. The number of nitrogens with one attached hydrogen (secondary N) is 1. The molecule has 1 aromatic carbocycles. The second-order valence-electron chi connectivity index (χ2n) is 6.64. The number of aryl methyl sites for hydroxylation is 1. The zero-order valence-corrected chi connectivity index (χ0v) is 13.7. The first-order valence-corrected chi connectivity index (χ1v) is 8.49. The van der Waals surface area contributed by atoms with Crippen LogP contribution in [0.4, 0.5) is 5.69 Å². The van der Waals surface area contributed by atoms with Crippen LogP contribution in [0, 0.1) is 12.8 Å². The van der Waals surface area contributed by atoms with Gasteiger partial charge in [0.25, 0.3) is 0 Å².